The Hall–Kier alpha value is -0.120. The van der Waals surface area contributed by atoms with Crippen LogP contribution in [0.1, 0.15) is 65.2 Å². The summed E-state index contributed by atoms with van der Waals surface area (Å²) < 4.78 is 6.04. The summed E-state index contributed by atoms with van der Waals surface area (Å²) >= 11 is 0. The highest BCUT2D eigenvalue weighted by Gasteiger charge is 2.45. The van der Waals surface area contributed by atoms with Gasteiger partial charge in [0.2, 0.25) is 0 Å². The number of nitrogens with two attached hydrogens (primary N) is 1. The van der Waals surface area contributed by atoms with Gasteiger partial charge in [0.15, 0.2) is 0 Å². The van der Waals surface area contributed by atoms with Crippen molar-refractivity contribution in [3.05, 3.63) is 0 Å². The lowest BCUT2D eigenvalue weighted by atomic mass is 9.67. The highest BCUT2D eigenvalue weighted by atomic mass is 16.5. The molecule has 3 atom stereocenters. The molecule has 2 aliphatic rings. The molecule has 3 N–H and O–H groups in total. The van der Waals surface area contributed by atoms with Gasteiger partial charge in [-0.3, -0.25) is 11.3 Å². The number of hydrogen-bond donors (Lipinski definition) is 2. The van der Waals surface area contributed by atoms with Gasteiger partial charge < -0.3 is 4.74 Å². The molecule has 3 nitrogen and oxygen atoms in total. The fourth-order valence-electron chi connectivity index (χ4n) is 4.48. The van der Waals surface area contributed by atoms with Gasteiger partial charge in [-0.05, 0) is 43.4 Å². The normalized spacial score (nSPS) is 42.0. The maximum atomic E-state index is 6.04. The molecule has 112 valence electrons. The number of hydrazine groups is 1. The first-order valence-corrected chi connectivity index (χ1v) is 8.12. The van der Waals surface area contributed by atoms with Crippen LogP contribution in [-0.2, 0) is 4.74 Å². The summed E-state index contributed by atoms with van der Waals surface area (Å²) in [6.07, 6.45) is 10.2. The van der Waals surface area contributed by atoms with Crippen LogP contribution in [-0.4, -0.2) is 18.8 Å². The number of hydrogen-bond acceptors (Lipinski definition) is 3. The summed E-state index contributed by atoms with van der Waals surface area (Å²) in [5.74, 6) is 8.28. The zero-order valence-electron chi connectivity index (χ0n) is 13.0. The second-order valence-corrected chi connectivity index (χ2v) is 7.13. The van der Waals surface area contributed by atoms with Gasteiger partial charge in [-0.25, -0.2) is 0 Å². The first-order valence-electron chi connectivity index (χ1n) is 8.12. The minimum Gasteiger partial charge on any atom is -0.377 e. The van der Waals surface area contributed by atoms with Crippen molar-refractivity contribution in [1.29, 1.82) is 0 Å². The Morgan fingerprint density at radius 1 is 1.11 bits per heavy atom. The van der Waals surface area contributed by atoms with Crippen molar-refractivity contribution < 1.29 is 4.74 Å². The molecule has 2 aliphatic carbocycles. The number of methoxy groups -OCH3 is 1. The summed E-state index contributed by atoms with van der Waals surface area (Å²) in [6, 6.07) is 0.327. The van der Waals surface area contributed by atoms with Crippen molar-refractivity contribution in [1.82, 2.24) is 5.43 Å². The van der Waals surface area contributed by atoms with Crippen LogP contribution in [0, 0.1) is 17.8 Å². The summed E-state index contributed by atoms with van der Waals surface area (Å²) in [7, 11) is 1.88. The van der Waals surface area contributed by atoms with Gasteiger partial charge in [-0.2, -0.15) is 0 Å². The average molecular weight is 268 g/mol. The maximum absolute atomic E-state index is 6.04. The van der Waals surface area contributed by atoms with Gasteiger partial charge in [0, 0.05) is 7.11 Å². The van der Waals surface area contributed by atoms with Crippen LogP contribution in [0.3, 0.4) is 0 Å². The number of nitrogens with one attached hydrogen (secondary N) is 1. The fraction of sp³-hybridized carbons (Fsp3) is 1.00. The van der Waals surface area contributed by atoms with Gasteiger partial charge in [0.25, 0.3) is 0 Å². The highest BCUT2D eigenvalue weighted by molar-refractivity contribution is 4.99. The summed E-state index contributed by atoms with van der Waals surface area (Å²) in [4.78, 5) is 0. The Bertz CT molecular complexity index is 276. The molecule has 0 aliphatic heterocycles. The minimum atomic E-state index is -0.0301. The van der Waals surface area contributed by atoms with Crippen molar-refractivity contribution >= 4 is 0 Å². The molecule has 0 spiro atoms. The molecule has 0 amide bonds. The van der Waals surface area contributed by atoms with Crippen molar-refractivity contribution in [2.75, 3.05) is 7.11 Å². The van der Waals surface area contributed by atoms with E-state index in [9.17, 15) is 0 Å². The van der Waals surface area contributed by atoms with E-state index in [1.54, 1.807) is 0 Å². The molecule has 2 fully saturated rings. The monoisotopic (exact) mass is 268 g/mol. The molecule has 3 heteroatoms. The maximum Gasteiger partial charge on any atom is 0.0849 e. The van der Waals surface area contributed by atoms with E-state index in [4.69, 9.17) is 10.6 Å². The molecule has 0 heterocycles. The Kier molecular flexibility index (Phi) is 5.27. The molecular formula is C16H32N2O. The summed E-state index contributed by atoms with van der Waals surface area (Å²) in [5, 5.41) is 0. The van der Waals surface area contributed by atoms with Crippen LogP contribution < -0.4 is 11.3 Å². The third kappa shape index (κ3) is 3.32. The van der Waals surface area contributed by atoms with E-state index >= 15 is 0 Å². The molecule has 3 unspecified atom stereocenters. The van der Waals surface area contributed by atoms with Crippen LogP contribution in [0.2, 0.25) is 0 Å². The Morgan fingerprint density at radius 3 is 2.32 bits per heavy atom. The average Bonchev–Trinajstić information content (AvgIpc) is 2.42. The zero-order chi connectivity index (χ0) is 13.9. The second-order valence-electron chi connectivity index (χ2n) is 7.13. The fourth-order valence-corrected chi connectivity index (χ4v) is 4.48. The quantitative estimate of drug-likeness (QED) is 0.608. The molecule has 2 saturated carbocycles. The molecule has 2 rings (SSSR count). The molecule has 19 heavy (non-hydrogen) atoms. The Balaban J connectivity index is 2.09. The lowest BCUT2D eigenvalue weighted by Gasteiger charge is -2.48. The van der Waals surface area contributed by atoms with Crippen molar-refractivity contribution in [2.24, 2.45) is 23.6 Å². The summed E-state index contributed by atoms with van der Waals surface area (Å²) in [5.41, 5.74) is 3.11. The van der Waals surface area contributed by atoms with E-state index in [0.717, 1.165) is 24.7 Å². The standard InChI is InChI=1S/C16H32N2O/c1-12-6-8-14(9-7-12)15(18-17)16(19-3)10-4-5-13(2)11-16/h12-15,18H,4-11,17H2,1-3H3. The van der Waals surface area contributed by atoms with Crippen LogP contribution in [0.4, 0.5) is 0 Å². The van der Waals surface area contributed by atoms with Crippen molar-refractivity contribution in [2.45, 2.75) is 76.9 Å². The van der Waals surface area contributed by atoms with Crippen molar-refractivity contribution in [3.8, 4) is 0 Å². The van der Waals surface area contributed by atoms with E-state index in [-0.39, 0.29) is 5.60 Å². The second kappa shape index (κ2) is 6.55. The largest absolute Gasteiger partial charge is 0.377 e. The molecule has 0 radical (unpaired) electrons. The molecule has 0 aromatic carbocycles. The number of ether oxygens (including phenoxy) is 1. The lowest BCUT2D eigenvalue weighted by Crippen LogP contribution is -2.60. The predicted molar refractivity (Wildman–Crippen MR) is 79.6 cm³/mol. The molecular weight excluding hydrogens is 236 g/mol. The number of rotatable bonds is 4. The van der Waals surface area contributed by atoms with Gasteiger partial charge in [0.1, 0.15) is 0 Å². The van der Waals surface area contributed by atoms with E-state index < -0.39 is 0 Å². The van der Waals surface area contributed by atoms with E-state index in [1.807, 2.05) is 7.11 Å². The van der Waals surface area contributed by atoms with Gasteiger partial charge >= 0.3 is 0 Å². The minimum absolute atomic E-state index is 0.0301. The topological polar surface area (TPSA) is 47.3 Å². The van der Waals surface area contributed by atoms with Crippen LogP contribution in [0.5, 0.6) is 0 Å². The highest BCUT2D eigenvalue weighted by Crippen LogP contribution is 2.42. The molecule has 0 bridgehead atoms. The SMILES string of the molecule is COC1(C(NN)C2CCC(C)CC2)CCCC(C)C1. The lowest BCUT2D eigenvalue weighted by molar-refractivity contribution is -0.0968. The molecule has 0 saturated heterocycles. The third-order valence-corrected chi connectivity index (χ3v) is 5.68. The van der Waals surface area contributed by atoms with Gasteiger partial charge in [-0.1, -0.05) is 39.5 Å². The van der Waals surface area contributed by atoms with E-state index in [1.165, 1.54) is 38.5 Å². The Morgan fingerprint density at radius 2 is 1.79 bits per heavy atom. The molecule has 0 aromatic heterocycles. The first kappa shape index (κ1) is 15.3. The summed E-state index contributed by atoms with van der Waals surface area (Å²) in [6.45, 7) is 4.72. The van der Waals surface area contributed by atoms with Gasteiger partial charge in [0.05, 0.1) is 11.6 Å². The van der Waals surface area contributed by atoms with Crippen molar-refractivity contribution in [3.63, 3.8) is 0 Å². The van der Waals surface area contributed by atoms with E-state index in [2.05, 4.69) is 19.3 Å². The van der Waals surface area contributed by atoms with Crippen LogP contribution >= 0.6 is 0 Å². The predicted octanol–water partition coefficient (Wildman–Crippen LogP) is 3.24. The zero-order valence-corrected chi connectivity index (χ0v) is 13.0. The Labute approximate surface area is 118 Å². The third-order valence-electron chi connectivity index (χ3n) is 5.68. The van der Waals surface area contributed by atoms with Crippen LogP contribution in [0.25, 0.3) is 0 Å². The first-order chi connectivity index (χ1) is 9.11. The molecule has 0 aromatic rings. The smallest absolute Gasteiger partial charge is 0.0849 e. The van der Waals surface area contributed by atoms with Crippen LogP contribution in [0.15, 0.2) is 0 Å². The van der Waals surface area contributed by atoms with Gasteiger partial charge in [-0.15, -0.1) is 0 Å². The van der Waals surface area contributed by atoms with E-state index in [0.29, 0.717) is 12.0 Å².